The molecule has 4 aromatic rings. The van der Waals surface area contributed by atoms with E-state index >= 15 is 0 Å². The summed E-state index contributed by atoms with van der Waals surface area (Å²) < 4.78 is 33.8. The smallest absolute Gasteiger partial charge is 0.408 e. The van der Waals surface area contributed by atoms with Gasteiger partial charge < -0.3 is 4.42 Å². The maximum Gasteiger partial charge on any atom is 0.419 e. The van der Waals surface area contributed by atoms with Crippen molar-refractivity contribution in [2.45, 2.75) is 4.90 Å². The van der Waals surface area contributed by atoms with Gasteiger partial charge in [0.1, 0.15) is 5.69 Å². The van der Waals surface area contributed by atoms with Crippen molar-refractivity contribution in [3.05, 3.63) is 53.1 Å². The molecule has 9 nitrogen and oxygen atoms in total. The SMILES string of the molecule is Cn1c(=O)oc2cc(S(=O)(=O)Nc3nnc(-c4ccccn4)s3)ccc21. The summed E-state index contributed by atoms with van der Waals surface area (Å²) in [6.07, 6.45) is 1.61. The van der Waals surface area contributed by atoms with Gasteiger partial charge >= 0.3 is 5.76 Å². The Labute approximate surface area is 151 Å². The maximum absolute atomic E-state index is 12.6. The molecule has 0 atom stereocenters. The fraction of sp³-hybridized carbons (Fsp3) is 0.0667. The number of nitrogens with zero attached hydrogens (tertiary/aromatic N) is 4. The molecule has 3 aromatic heterocycles. The van der Waals surface area contributed by atoms with Crippen molar-refractivity contribution in [3.8, 4) is 10.7 Å². The standard InChI is InChI=1S/C15H11N5O4S2/c1-20-11-6-5-9(8-12(11)24-15(20)21)26(22,23)19-14-18-17-13(25-14)10-4-2-3-7-16-10/h2-8H,1H3,(H,18,19). The van der Waals surface area contributed by atoms with E-state index in [0.717, 1.165) is 11.3 Å². The summed E-state index contributed by atoms with van der Waals surface area (Å²) in [4.78, 5) is 15.6. The van der Waals surface area contributed by atoms with Crippen LogP contribution in [-0.4, -0.2) is 28.2 Å². The van der Waals surface area contributed by atoms with E-state index in [2.05, 4.69) is 19.9 Å². The minimum Gasteiger partial charge on any atom is -0.408 e. The maximum atomic E-state index is 12.6. The van der Waals surface area contributed by atoms with Gasteiger partial charge in [0, 0.05) is 19.3 Å². The number of hydrogen-bond donors (Lipinski definition) is 1. The number of nitrogens with one attached hydrogen (secondary N) is 1. The van der Waals surface area contributed by atoms with Crippen LogP contribution in [-0.2, 0) is 17.1 Å². The molecule has 132 valence electrons. The number of aryl methyl sites for hydroxylation is 1. The first-order valence-electron chi connectivity index (χ1n) is 7.31. The van der Waals surface area contributed by atoms with E-state index in [9.17, 15) is 13.2 Å². The van der Waals surface area contributed by atoms with Gasteiger partial charge in [-0.3, -0.25) is 14.3 Å². The fourth-order valence-corrected chi connectivity index (χ4v) is 4.28. The quantitative estimate of drug-likeness (QED) is 0.565. The second-order valence-corrected chi connectivity index (χ2v) is 7.95. The number of anilines is 1. The third kappa shape index (κ3) is 2.86. The van der Waals surface area contributed by atoms with Crippen LogP contribution in [0.2, 0.25) is 0 Å². The third-order valence-corrected chi connectivity index (χ3v) is 5.93. The summed E-state index contributed by atoms with van der Waals surface area (Å²) >= 11 is 1.07. The van der Waals surface area contributed by atoms with Crippen LogP contribution in [0, 0.1) is 0 Å². The second kappa shape index (κ2) is 6.04. The lowest BCUT2D eigenvalue weighted by molar-refractivity contribution is 0.527. The van der Waals surface area contributed by atoms with E-state index in [1.165, 1.54) is 22.8 Å². The fourth-order valence-electron chi connectivity index (χ4n) is 2.31. The molecule has 11 heteroatoms. The topological polar surface area (TPSA) is 120 Å². The van der Waals surface area contributed by atoms with Gasteiger partial charge in [0.15, 0.2) is 10.6 Å². The first kappa shape index (κ1) is 16.4. The third-order valence-electron chi connectivity index (χ3n) is 3.60. The van der Waals surface area contributed by atoms with Gasteiger partial charge in [-0.25, -0.2) is 13.2 Å². The first-order chi connectivity index (χ1) is 12.4. The molecule has 1 N–H and O–H groups in total. The Hall–Kier alpha value is -3.05. The minimum atomic E-state index is -3.91. The van der Waals surface area contributed by atoms with Crippen molar-refractivity contribution in [1.29, 1.82) is 0 Å². The molecule has 3 heterocycles. The zero-order valence-electron chi connectivity index (χ0n) is 13.3. The van der Waals surface area contributed by atoms with Gasteiger partial charge in [0.05, 0.1) is 10.4 Å². The number of oxazole rings is 1. The highest BCUT2D eigenvalue weighted by Gasteiger charge is 2.19. The average Bonchev–Trinajstić information content (AvgIpc) is 3.20. The molecule has 0 saturated carbocycles. The highest BCUT2D eigenvalue weighted by atomic mass is 32.2. The van der Waals surface area contributed by atoms with Gasteiger partial charge in [-0.2, -0.15) is 0 Å². The Bertz CT molecular complexity index is 1260. The van der Waals surface area contributed by atoms with Crippen molar-refractivity contribution < 1.29 is 12.8 Å². The minimum absolute atomic E-state index is 0.0473. The zero-order valence-corrected chi connectivity index (χ0v) is 14.9. The Balaban J connectivity index is 1.65. The average molecular weight is 389 g/mol. The number of aromatic nitrogens is 4. The molecule has 0 aliphatic heterocycles. The van der Waals surface area contributed by atoms with E-state index in [1.54, 1.807) is 31.4 Å². The van der Waals surface area contributed by atoms with Crippen LogP contribution in [0.3, 0.4) is 0 Å². The Morgan fingerprint density at radius 3 is 2.81 bits per heavy atom. The van der Waals surface area contributed by atoms with Crippen LogP contribution in [0.5, 0.6) is 0 Å². The molecular formula is C15H11N5O4S2. The van der Waals surface area contributed by atoms with E-state index in [0.29, 0.717) is 16.2 Å². The lowest BCUT2D eigenvalue weighted by Gasteiger charge is -2.04. The number of rotatable bonds is 4. The van der Waals surface area contributed by atoms with Crippen LogP contribution in [0.1, 0.15) is 0 Å². The lowest BCUT2D eigenvalue weighted by atomic mass is 10.3. The normalized spacial score (nSPS) is 11.7. The van der Waals surface area contributed by atoms with Gasteiger partial charge in [-0.15, -0.1) is 10.2 Å². The molecule has 0 aliphatic carbocycles. The second-order valence-electron chi connectivity index (χ2n) is 5.29. The summed E-state index contributed by atoms with van der Waals surface area (Å²) in [5.41, 5.74) is 1.29. The number of hydrogen-bond acceptors (Lipinski definition) is 8. The molecule has 1 aromatic carbocycles. The largest absolute Gasteiger partial charge is 0.419 e. The van der Waals surface area contributed by atoms with Crippen molar-refractivity contribution in [1.82, 2.24) is 19.7 Å². The number of sulfonamides is 1. The highest BCUT2D eigenvalue weighted by molar-refractivity contribution is 7.93. The predicted molar refractivity (Wildman–Crippen MR) is 95.4 cm³/mol. The number of benzene rings is 1. The van der Waals surface area contributed by atoms with Crippen LogP contribution >= 0.6 is 11.3 Å². The Morgan fingerprint density at radius 1 is 1.19 bits per heavy atom. The van der Waals surface area contributed by atoms with Crippen LogP contribution in [0.25, 0.3) is 21.8 Å². The number of fused-ring (bicyclic) bond motifs is 1. The van der Waals surface area contributed by atoms with Crippen LogP contribution in [0.4, 0.5) is 5.13 Å². The molecule has 0 unspecified atom stereocenters. The van der Waals surface area contributed by atoms with Gasteiger partial charge in [-0.1, -0.05) is 17.4 Å². The van der Waals surface area contributed by atoms with Gasteiger partial charge in [0.25, 0.3) is 10.0 Å². The molecule has 0 spiro atoms. The van der Waals surface area contributed by atoms with Gasteiger partial charge in [-0.05, 0) is 24.3 Å². The molecule has 0 radical (unpaired) electrons. The Morgan fingerprint density at radius 2 is 2.04 bits per heavy atom. The van der Waals surface area contributed by atoms with E-state index in [4.69, 9.17) is 4.42 Å². The van der Waals surface area contributed by atoms with Gasteiger partial charge in [0.2, 0.25) is 5.13 Å². The van der Waals surface area contributed by atoms with E-state index < -0.39 is 15.8 Å². The summed E-state index contributed by atoms with van der Waals surface area (Å²) in [6.45, 7) is 0. The van der Waals surface area contributed by atoms with Crippen LogP contribution in [0.15, 0.2) is 56.7 Å². The summed E-state index contributed by atoms with van der Waals surface area (Å²) in [5, 5.41) is 8.39. The van der Waals surface area contributed by atoms with Crippen molar-refractivity contribution in [2.24, 2.45) is 7.05 Å². The monoisotopic (exact) mass is 389 g/mol. The Kier molecular flexibility index (Phi) is 3.81. The lowest BCUT2D eigenvalue weighted by Crippen LogP contribution is -2.12. The summed E-state index contributed by atoms with van der Waals surface area (Å²) in [7, 11) is -2.37. The molecular weight excluding hydrogens is 378 g/mol. The molecule has 0 saturated heterocycles. The molecule has 0 fully saturated rings. The zero-order chi connectivity index (χ0) is 18.3. The number of pyridine rings is 1. The predicted octanol–water partition coefficient (Wildman–Crippen LogP) is 1.85. The molecule has 4 rings (SSSR count). The highest BCUT2D eigenvalue weighted by Crippen LogP contribution is 2.27. The van der Waals surface area contributed by atoms with Crippen molar-refractivity contribution in [3.63, 3.8) is 0 Å². The van der Waals surface area contributed by atoms with Crippen molar-refractivity contribution >= 4 is 37.6 Å². The molecule has 0 amide bonds. The van der Waals surface area contributed by atoms with Crippen LogP contribution < -0.4 is 10.5 Å². The molecule has 0 bridgehead atoms. The first-order valence-corrected chi connectivity index (χ1v) is 9.61. The summed E-state index contributed by atoms with van der Waals surface area (Å²) in [6, 6.07) is 9.52. The molecule has 0 aliphatic rings. The molecule has 26 heavy (non-hydrogen) atoms. The summed E-state index contributed by atoms with van der Waals surface area (Å²) in [5.74, 6) is -0.563. The van der Waals surface area contributed by atoms with E-state index in [-0.39, 0.29) is 15.6 Å². The van der Waals surface area contributed by atoms with Crippen molar-refractivity contribution in [2.75, 3.05) is 4.72 Å². The van der Waals surface area contributed by atoms with E-state index in [1.807, 2.05) is 0 Å².